The van der Waals surface area contributed by atoms with E-state index in [0.29, 0.717) is 5.56 Å². The summed E-state index contributed by atoms with van der Waals surface area (Å²) in [6.07, 6.45) is -8.78. The number of aryl methyl sites for hydroxylation is 1. The van der Waals surface area contributed by atoms with Gasteiger partial charge in [0.15, 0.2) is 11.5 Å². The van der Waals surface area contributed by atoms with E-state index in [1.54, 1.807) is 6.07 Å². The fourth-order valence-corrected chi connectivity index (χ4v) is 5.68. The molecule has 2 fully saturated rings. The minimum atomic E-state index is -4.56. The van der Waals surface area contributed by atoms with Gasteiger partial charge >= 0.3 is 12.4 Å². The molecular weight excluding hydrogens is 620 g/mol. The van der Waals surface area contributed by atoms with Crippen molar-refractivity contribution < 1.29 is 44.7 Å². The van der Waals surface area contributed by atoms with Gasteiger partial charge in [-0.3, -0.25) is 9.59 Å². The number of fused-ring (bicyclic) bond motifs is 1. The number of carbonyl (C=O) groups excluding carboxylic acids is 2. The van der Waals surface area contributed by atoms with Gasteiger partial charge in [0.05, 0.1) is 49.4 Å². The fourth-order valence-electron chi connectivity index (χ4n) is 5.68. The number of aromatic nitrogens is 6. The average molecular weight is 651 g/mol. The van der Waals surface area contributed by atoms with Crippen molar-refractivity contribution in [1.82, 2.24) is 34.7 Å². The third kappa shape index (κ3) is 8.25. The van der Waals surface area contributed by atoms with Crippen molar-refractivity contribution in [2.75, 3.05) is 0 Å². The molecule has 0 radical (unpaired) electrons. The van der Waals surface area contributed by atoms with Crippen molar-refractivity contribution in [3.8, 4) is 0 Å². The van der Waals surface area contributed by atoms with Gasteiger partial charge in [-0.1, -0.05) is 0 Å². The number of amides is 2. The maximum Gasteiger partial charge on any atom is 0.390 e. The molecule has 45 heavy (non-hydrogen) atoms. The Bertz CT molecular complexity index is 1540. The van der Waals surface area contributed by atoms with E-state index in [0.717, 1.165) is 17.5 Å². The molecule has 18 heteroatoms. The fraction of sp³-hybridized carbons (Fsp3) is 0.630. The minimum absolute atomic E-state index is 0.00717. The van der Waals surface area contributed by atoms with Crippen LogP contribution < -0.4 is 11.1 Å². The summed E-state index contributed by atoms with van der Waals surface area (Å²) < 4.78 is 107. The van der Waals surface area contributed by atoms with Crippen LogP contribution in [0.1, 0.15) is 97.4 Å². The van der Waals surface area contributed by atoms with Gasteiger partial charge in [0.1, 0.15) is 0 Å². The molecule has 246 valence electrons. The topological polar surface area (TPSA) is 133 Å². The maximum absolute atomic E-state index is 14.1. The summed E-state index contributed by atoms with van der Waals surface area (Å²) in [6.45, 7) is -0.739. The second kappa shape index (κ2) is 12.2. The van der Waals surface area contributed by atoms with Crippen LogP contribution in [0, 0.1) is 11.8 Å². The Balaban J connectivity index is 1.47. The number of halogens is 8. The van der Waals surface area contributed by atoms with Crippen LogP contribution in [0.25, 0.3) is 5.65 Å². The summed E-state index contributed by atoms with van der Waals surface area (Å²) in [6, 6.07) is 0.990. The van der Waals surface area contributed by atoms with Crippen molar-refractivity contribution in [2.24, 2.45) is 17.6 Å². The average Bonchev–Trinajstić information content (AvgIpc) is 3.55. The highest BCUT2D eigenvalue weighted by Crippen LogP contribution is 2.45. The van der Waals surface area contributed by atoms with Crippen LogP contribution >= 0.6 is 0 Å². The number of imidazole rings is 1. The summed E-state index contributed by atoms with van der Waals surface area (Å²) in [5, 5.41) is 11.1. The maximum atomic E-state index is 14.1. The molecule has 3 N–H and O–H groups in total. The lowest BCUT2D eigenvalue weighted by molar-refractivity contribution is -0.144. The molecule has 0 aliphatic heterocycles. The predicted octanol–water partition coefficient (Wildman–Crippen LogP) is 5.24. The molecule has 2 aliphatic rings. The number of nitrogens with one attached hydrogen (secondary N) is 1. The number of hydrogen-bond acceptors (Lipinski definition) is 6. The first-order chi connectivity index (χ1) is 21.0. The lowest BCUT2D eigenvalue weighted by atomic mass is 9.77. The number of hydrogen-bond donors (Lipinski definition) is 2. The number of alkyl halides is 8. The minimum Gasteiger partial charge on any atom is -0.363 e. The van der Waals surface area contributed by atoms with Crippen LogP contribution in [0.4, 0.5) is 35.1 Å². The molecule has 2 atom stereocenters. The highest BCUT2D eigenvalue weighted by molar-refractivity contribution is 5.89. The van der Waals surface area contributed by atoms with Crippen LogP contribution in [-0.4, -0.2) is 59.5 Å². The lowest BCUT2D eigenvalue weighted by Crippen LogP contribution is -2.30. The van der Waals surface area contributed by atoms with Crippen molar-refractivity contribution in [3.63, 3.8) is 0 Å². The van der Waals surface area contributed by atoms with Crippen LogP contribution in [0.3, 0.4) is 0 Å². The van der Waals surface area contributed by atoms with E-state index in [4.69, 9.17) is 5.73 Å². The summed E-state index contributed by atoms with van der Waals surface area (Å²) in [7, 11) is 0. The predicted molar refractivity (Wildman–Crippen MR) is 140 cm³/mol. The first kappa shape index (κ1) is 32.5. The Kier molecular flexibility index (Phi) is 8.78. The van der Waals surface area contributed by atoms with Crippen LogP contribution in [0.15, 0.2) is 18.5 Å². The number of primary amides is 1. The second-order valence-electron chi connectivity index (χ2n) is 11.7. The van der Waals surface area contributed by atoms with E-state index in [1.165, 1.54) is 16.9 Å². The molecular formula is C27H30F8N8O2. The molecule has 0 bridgehead atoms. The van der Waals surface area contributed by atoms with Crippen molar-refractivity contribution in [3.05, 3.63) is 41.4 Å². The molecule has 10 nitrogen and oxygen atoms in total. The first-order valence-corrected chi connectivity index (χ1v) is 14.4. The smallest absolute Gasteiger partial charge is 0.363 e. The number of nitrogens with two attached hydrogens (primary N) is 1. The molecule has 2 aliphatic carbocycles. The molecule has 0 unspecified atom stereocenters. The Morgan fingerprint density at radius 1 is 1.00 bits per heavy atom. The number of carbonyl (C=O) groups is 2. The van der Waals surface area contributed by atoms with Crippen LogP contribution in [0.5, 0.6) is 0 Å². The zero-order chi connectivity index (χ0) is 32.7. The third-order valence-electron chi connectivity index (χ3n) is 8.11. The molecule has 3 heterocycles. The van der Waals surface area contributed by atoms with E-state index in [9.17, 15) is 44.7 Å². The monoisotopic (exact) mass is 650 g/mol. The van der Waals surface area contributed by atoms with Crippen molar-refractivity contribution >= 4 is 17.5 Å². The van der Waals surface area contributed by atoms with Gasteiger partial charge in [0.25, 0.3) is 5.91 Å². The van der Waals surface area contributed by atoms with E-state index >= 15 is 0 Å². The summed E-state index contributed by atoms with van der Waals surface area (Å²) >= 11 is 0. The highest BCUT2D eigenvalue weighted by atomic mass is 19.4. The van der Waals surface area contributed by atoms with Gasteiger partial charge in [-0.05, 0) is 49.1 Å². The Morgan fingerprint density at radius 3 is 2.27 bits per heavy atom. The summed E-state index contributed by atoms with van der Waals surface area (Å²) in [4.78, 5) is 33.1. The second-order valence-corrected chi connectivity index (χ2v) is 11.7. The van der Waals surface area contributed by atoms with Crippen molar-refractivity contribution in [2.45, 2.75) is 94.6 Å². The van der Waals surface area contributed by atoms with E-state index in [2.05, 4.69) is 25.5 Å². The zero-order valence-electron chi connectivity index (χ0n) is 23.7. The third-order valence-corrected chi connectivity index (χ3v) is 8.11. The number of nitrogens with zero attached hydrogens (tertiary/aromatic N) is 6. The molecule has 0 spiro atoms. The SMILES string of the molecule is NC(=O)c1nc([C@H](c2cn3ncc([C@H](NC(=O)CCC(F)(F)F)C4CC4)cc3n2)C2CCC(F)(F)CC2)nn1CCC(F)(F)F. The van der Waals surface area contributed by atoms with Gasteiger partial charge in [-0.15, -0.1) is 0 Å². The molecule has 2 saturated carbocycles. The molecule has 0 saturated heterocycles. The molecule has 2 amide bonds. The lowest BCUT2D eigenvalue weighted by Gasteiger charge is -2.31. The van der Waals surface area contributed by atoms with Crippen LogP contribution in [-0.2, 0) is 11.3 Å². The van der Waals surface area contributed by atoms with Gasteiger partial charge in [-0.2, -0.15) is 36.5 Å². The Hall–Kier alpha value is -3.86. The van der Waals surface area contributed by atoms with Gasteiger partial charge in [0, 0.05) is 19.3 Å². The van der Waals surface area contributed by atoms with Crippen molar-refractivity contribution in [1.29, 1.82) is 0 Å². The Morgan fingerprint density at radius 2 is 1.67 bits per heavy atom. The van der Waals surface area contributed by atoms with E-state index < -0.39 is 92.4 Å². The van der Waals surface area contributed by atoms with Gasteiger partial charge in [-0.25, -0.2) is 27.9 Å². The standard InChI is InChI=1S/C27H30F8N8O2/c28-25(29)6-3-14(4-7-25)20(23-40-24(22(36)45)42(41-23)10-9-27(33,34)35)17-13-43-18(38-17)11-16(12-37-43)21(15-1-2-15)39-19(44)5-8-26(30,31)32/h11-15,20-21H,1-10H2,(H2,36,45)(H,39,44)/t20-,21+/m0/s1. The largest absolute Gasteiger partial charge is 0.390 e. The summed E-state index contributed by atoms with van der Waals surface area (Å²) in [5.41, 5.74) is 6.39. The molecule has 3 aromatic heterocycles. The van der Waals surface area contributed by atoms with E-state index in [-0.39, 0.29) is 35.9 Å². The van der Waals surface area contributed by atoms with E-state index in [1.807, 2.05) is 0 Å². The molecule has 0 aromatic carbocycles. The molecule has 3 aromatic rings. The normalized spacial score (nSPS) is 19.0. The van der Waals surface area contributed by atoms with Crippen LogP contribution in [0.2, 0.25) is 0 Å². The molecule has 5 rings (SSSR count). The number of rotatable bonds is 11. The highest BCUT2D eigenvalue weighted by Gasteiger charge is 2.41. The first-order valence-electron chi connectivity index (χ1n) is 14.4. The zero-order valence-corrected chi connectivity index (χ0v) is 23.7. The summed E-state index contributed by atoms with van der Waals surface area (Å²) in [5.74, 6) is -6.81. The Labute approximate surface area is 250 Å². The van der Waals surface area contributed by atoms with Gasteiger partial charge in [0.2, 0.25) is 17.7 Å². The van der Waals surface area contributed by atoms with Gasteiger partial charge < -0.3 is 11.1 Å². The quantitative estimate of drug-likeness (QED) is 0.273.